The van der Waals surface area contributed by atoms with Crippen molar-refractivity contribution in [3.63, 3.8) is 0 Å². The van der Waals surface area contributed by atoms with E-state index in [0.717, 1.165) is 58.2 Å². The average Bonchev–Trinajstić information content (AvgIpc) is 3.13. The zero-order valence-corrected chi connectivity index (χ0v) is 19.7. The first kappa shape index (κ1) is 21.2. The number of furan rings is 1. The van der Waals surface area contributed by atoms with Crippen LogP contribution in [0.1, 0.15) is 42.8 Å². The van der Waals surface area contributed by atoms with Crippen molar-refractivity contribution in [1.82, 2.24) is 0 Å². The van der Waals surface area contributed by atoms with Gasteiger partial charge in [0, 0.05) is 17.4 Å². The second-order valence-electron chi connectivity index (χ2n) is 7.35. The Bertz CT molecular complexity index is 1160. The van der Waals surface area contributed by atoms with E-state index < -0.39 is 6.10 Å². The standard InChI is InChI=1S/C25H22Br2O3/c1-2-3-7-22-23(18-6-4-5-8-21(18)30-22)24(28)16-11-9-15(10-12-16)17-13-19(26)25(29)20(27)14-17/h4-6,8-14,24,28-29H,2-3,7H2,1H3. The summed E-state index contributed by atoms with van der Waals surface area (Å²) in [4.78, 5) is 0. The minimum Gasteiger partial charge on any atom is -0.506 e. The Morgan fingerprint density at radius 3 is 2.27 bits per heavy atom. The zero-order chi connectivity index (χ0) is 21.3. The molecular weight excluding hydrogens is 508 g/mol. The number of rotatable bonds is 6. The minimum absolute atomic E-state index is 0.178. The molecule has 1 aromatic heterocycles. The number of hydrogen-bond donors (Lipinski definition) is 2. The van der Waals surface area contributed by atoms with E-state index in [1.807, 2.05) is 60.7 Å². The lowest BCUT2D eigenvalue weighted by molar-refractivity contribution is 0.218. The van der Waals surface area contributed by atoms with Crippen LogP contribution >= 0.6 is 31.9 Å². The normalized spacial score (nSPS) is 12.4. The van der Waals surface area contributed by atoms with Crippen LogP contribution in [-0.2, 0) is 6.42 Å². The Morgan fingerprint density at radius 1 is 0.933 bits per heavy atom. The van der Waals surface area contributed by atoms with Crippen molar-refractivity contribution in [1.29, 1.82) is 0 Å². The summed E-state index contributed by atoms with van der Waals surface area (Å²) in [7, 11) is 0. The van der Waals surface area contributed by atoms with Gasteiger partial charge in [0.05, 0.1) is 8.95 Å². The van der Waals surface area contributed by atoms with Gasteiger partial charge in [-0.25, -0.2) is 0 Å². The van der Waals surface area contributed by atoms with E-state index in [-0.39, 0.29) is 5.75 Å². The van der Waals surface area contributed by atoms with E-state index in [1.54, 1.807) is 0 Å². The highest BCUT2D eigenvalue weighted by atomic mass is 79.9. The monoisotopic (exact) mass is 528 g/mol. The van der Waals surface area contributed by atoms with Crippen molar-refractivity contribution >= 4 is 42.8 Å². The number of phenolic OH excluding ortho intramolecular Hbond substituents is 1. The van der Waals surface area contributed by atoms with Crippen LogP contribution in [0.2, 0.25) is 0 Å². The summed E-state index contributed by atoms with van der Waals surface area (Å²) in [6.45, 7) is 2.15. The Balaban J connectivity index is 1.70. The molecule has 3 aromatic carbocycles. The molecule has 0 saturated heterocycles. The average molecular weight is 530 g/mol. The highest BCUT2D eigenvalue weighted by molar-refractivity contribution is 9.11. The lowest BCUT2D eigenvalue weighted by atomic mass is 9.95. The smallest absolute Gasteiger partial charge is 0.143 e. The Hall–Kier alpha value is -2.08. The molecule has 0 aliphatic heterocycles. The van der Waals surface area contributed by atoms with Crippen LogP contribution in [0.3, 0.4) is 0 Å². The predicted molar refractivity (Wildman–Crippen MR) is 128 cm³/mol. The van der Waals surface area contributed by atoms with Crippen LogP contribution in [0.4, 0.5) is 0 Å². The maximum absolute atomic E-state index is 11.2. The molecule has 1 unspecified atom stereocenters. The number of aromatic hydroxyl groups is 1. The van der Waals surface area contributed by atoms with Gasteiger partial charge in [-0.1, -0.05) is 55.8 Å². The van der Waals surface area contributed by atoms with Gasteiger partial charge in [-0.3, -0.25) is 0 Å². The molecule has 0 fully saturated rings. The minimum atomic E-state index is -0.757. The van der Waals surface area contributed by atoms with Crippen LogP contribution in [0.25, 0.3) is 22.1 Å². The summed E-state index contributed by atoms with van der Waals surface area (Å²) < 4.78 is 7.33. The van der Waals surface area contributed by atoms with Crippen LogP contribution in [0.5, 0.6) is 5.75 Å². The van der Waals surface area contributed by atoms with Crippen LogP contribution in [0.15, 0.2) is 74.0 Å². The molecule has 0 aliphatic carbocycles. The molecule has 0 amide bonds. The van der Waals surface area contributed by atoms with E-state index in [1.165, 1.54) is 0 Å². The lowest BCUT2D eigenvalue weighted by Crippen LogP contribution is -2.02. The number of hydrogen-bond acceptors (Lipinski definition) is 3. The Labute approximate surface area is 192 Å². The summed E-state index contributed by atoms with van der Waals surface area (Å²) in [6, 6.07) is 19.5. The molecule has 2 N–H and O–H groups in total. The number of unbranched alkanes of at least 4 members (excludes halogenated alkanes) is 1. The molecule has 4 aromatic rings. The van der Waals surface area contributed by atoms with E-state index in [0.29, 0.717) is 8.95 Å². The van der Waals surface area contributed by atoms with E-state index in [4.69, 9.17) is 4.42 Å². The molecular formula is C25H22Br2O3. The summed E-state index contributed by atoms with van der Waals surface area (Å²) in [5, 5.41) is 22.1. The fraction of sp³-hybridized carbons (Fsp3) is 0.200. The maximum atomic E-state index is 11.2. The molecule has 0 aliphatic rings. The lowest BCUT2D eigenvalue weighted by Gasteiger charge is -2.13. The zero-order valence-electron chi connectivity index (χ0n) is 16.5. The second-order valence-corrected chi connectivity index (χ2v) is 9.06. The number of benzene rings is 3. The van der Waals surface area contributed by atoms with Crippen molar-refractivity contribution in [3.05, 3.63) is 86.5 Å². The van der Waals surface area contributed by atoms with Crippen molar-refractivity contribution in [2.75, 3.05) is 0 Å². The molecule has 30 heavy (non-hydrogen) atoms. The van der Waals surface area contributed by atoms with Crippen molar-refractivity contribution in [3.8, 4) is 16.9 Å². The van der Waals surface area contributed by atoms with E-state index in [2.05, 4.69) is 38.8 Å². The summed E-state index contributed by atoms with van der Waals surface area (Å²) >= 11 is 6.76. The van der Waals surface area contributed by atoms with Gasteiger partial charge in [0.15, 0.2) is 0 Å². The first-order chi connectivity index (χ1) is 14.5. The summed E-state index contributed by atoms with van der Waals surface area (Å²) in [5.74, 6) is 1.04. The molecule has 0 saturated carbocycles. The number of aliphatic hydroxyl groups is 1. The van der Waals surface area contributed by atoms with Crippen molar-refractivity contribution in [2.24, 2.45) is 0 Å². The van der Waals surface area contributed by atoms with E-state index >= 15 is 0 Å². The van der Waals surface area contributed by atoms with Gasteiger partial charge in [0.2, 0.25) is 0 Å². The molecule has 0 bridgehead atoms. The molecule has 154 valence electrons. The van der Waals surface area contributed by atoms with Crippen LogP contribution < -0.4 is 0 Å². The van der Waals surface area contributed by atoms with Crippen LogP contribution in [-0.4, -0.2) is 10.2 Å². The van der Waals surface area contributed by atoms with Gasteiger partial charge in [0.1, 0.15) is 23.2 Å². The van der Waals surface area contributed by atoms with Crippen LogP contribution in [0, 0.1) is 0 Å². The van der Waals surface area contributed by atoms with Crippen molar-refractivity contribution in [2.45, 2.75) is 32.3 Å². The van der Waals surface area contributed by atoms with Gasteiger partial charge in [0.25, 0.3) is 0 Å². The molecule has 4 rings (SSSR count). The molecule has 1 heterocycles. The molecule has 3 nitrogen and oxygen atoms in total. The largest absolute Gasteiger partial charge is 0.506 e. The molecule has 1 atom stereocenters. The third kappa shape index (κ3) is 4.07. The molecule has 5 heteroatoms. The highest BCUT2D eigenvalue weighted by Crippen LogP contribution is 2.38. The molecule has 0 radical (unpaired) electrons. The SMILES string of the molecule is CCCCc1oc2ccccc2c1C(O)c1ccc(-c2cc(Br)c(O)c(Br)c2)cc1. The first-order valence-electron chi connectivity index (χ1n) is 9.96. The third-order valence-electron chi connectivity index (χ3n) is 5.32. The number of halogens is 2. The summed E-state index contributed by atoms with van der Waals surface area (Å²) in [5.41, 5.74) is 4.45. The number of fused-ring (bicyclic) bond motifs is 1. The fourth-order valence-electron chi connectivity index (χ4n) is 3.70. The van der Waals surface area contributed by atoms with Gasteiger partial charge >= 0.3 is 0 Å². The number of para-hydroxylation sites is 1. The quantitative estimate of drug-likeness (QED) is 0.268. The maximum Gasteiger partial charge on any atom is 0.143 e. The Kier molecular flexibility index (Phi) is 6.32. The van der Waals surface area contributed by atoms with Gasteiger partial charge in [-0.2, -0.15) is 0 Å². The van der Waals surface area contributed by atoms with Gasteiger partial charge in [-0.15, -0.1) is 0 Å². The predicted octanol–water partition coefficient (Wildman–Crippen LogP) is 7.75. The number of phenols is 1. The number of aliphatic hydroxyl groups excluding tert-OH is 1. The fourth-order valence-corrected chi connectivity index (χ4v) is 4.88. The molecule has 0 spiro atoms. The topological polar surface area (TPSA) is 53.6 Å². The van der Waals surface area contributed by atoms with Crippen molar-refractivity contribution < 1.29 is 14.6 Å². The second kappa shape index (κ2) is 8.96. The summed E-state index contributed by atoms with van der Waals surface area (Å²) in [6.07, 6.45) is 2.14. The number of aryl methyl sites for hydroxylation is 1. The first-order valence-corrected chi connectivity index (χ1v) is 11.5. The highest BCUT2D eigenvalue weighted by Gasteiger charge is 2.22. The third-order valence-corrected chi connectivity index (χ3v) is 6.53. The van der Waals surface area contributed by atoms with Gasteiger partial charge in [-0.05, 0) is 73.2 Å². The Morgan fingerprint density at radius 2 is 1.60 bits per heavy atom. The van der Waals surface area contributed by atoms with Gasteiger partial charge < -0.3 is 14.6 Å². The van der Waals surface area contributed by atoms with E-state index in [9.17, 15) is 10.2 Å².